The van der Waals surface area contributed by atoms with Crippen molar-refractivity contribution in [1.29, 1.82) is 0 Å². The summed E-state index contributed by atoms with van der Waals surface area (Å²) in [6.45, 7) is 14.1. The maximum Gasteiger partial charge on any atom is 0.0606 e. The van der Waals surface area contributed by atoms with Gasteiger partial charge in [0.1, 0.15) is 0 Å². The standard InChI is InChI=1S/C38H64N2O2/c1-27(2)9-7-10-28(3)33-19-20-34-32-18-13-29-11-8-12-36(38(29,5)35(32)21-22-37(33,34)4)39(6)30-14-16-31(17-15-30)40(23-25-41)24-26-42/h14-17,27-29,32-36,41-42H,7-13,18-26H2,1-6H3/t28-,29?,32+,33-,34+,35+,36?,37-,38+/m1/s1. The lowest BCUT2D eigenvalue weighted by Gasteiger charge is -2.64. The summed E-state index contributed by atoms with van der Waals surface area (Å²) in [5.74, 6) is 6.22. The van der Waals surface area contributed by atoms with Crippen LogP contribution in [0.5, 0.6) is 0 Å². The highest BCUT2D eigenvalue weighted by molar-refractivity contribution is 5.57. The van der Waals surface area contributed by atoms with E-state index in [1.54, 1.807) is 0 Å². The maximum absolute atomic E-state index is 9.51. The summed E-state index contributed by atoms with van der Waals surface area (Å²) in [7, 11) is 2.37. The van der Waals surface area contributed by atoms with E-state index < -0.39 is 0 Å². The van der Waals surface area contributed by atoms with Crippen molar-refractivity contribution < 1.29 is 10.2 Å². The van der Waals surface area contributed by atoms with Crippen molar-refractivity contribution in [1.82, 2.24) is 0 Å². The van der Waals surface area contributed by atoms with Crippen LogP contribution in [0.1, 0.15) is 112 Å². The molecule has 238 valence electrons. The van der Waals surface area contributed by atoms with Crippen LogP contribution >= 0.6 is 0 Å². The highest BCUT2D eigenvalue weighted by Crippen LogP contribution is 2.69. The van der Waals surface area contributed by atoms with E-state index in [1.165, 1.54) is 82.7 Å². The lowest BCUT2D eigenvalue weighted by atomic mass is 9.43. The number of rotatable bonds is 12. The zero-order valence-electron chi connectivity index (χ0n) is 28.0. The molecular formula is C38H64N2O2. The first kappa shape index (κ1) is 32.1. The van der Waals surface area contributed by atoms with Crippen LogP contribution in [0.25, 0.3) is 0 Å². The normalized spacial score (nSPS) is 36.7. The molecule has 0 saturated heterocycles. The van der Waals surface area contributed by atoms with E-state index in [0.717, 1.165) is 47.1 Å². The number of anilines is 2. The van der Waals surface area contributed by atoms with E-state index >= 15 is 0 Å². The molecule has 42 heavy (non-hydrogen) atoms. The Labute approximate surface area is 258 Å². The molecule has 4 fully saturated rings. The van der Waals surface area contributed by atoms with Crippen LogP contribution in [-0.2, 0) is 0 Å². The average Bonchev–Trinajstić information content (AvgIpc) is 3.33. The van der Waals surface area contributed by atoms with E-state index in [4.69, 9.17) is 0 Å². The van der Waals surface area contributed by atoms with Gasteiger partial charge in [-0.2, -0.15) is 0 Å². The molecule has 1 aromatic rings. The van der Waals surface area contributed by atoms with Gasteiger partial charge in [0, 0.05) is 37.6 Å². The van der Waals surface area contributed by atoms with Gasteiger partial charge in [-0.05, 0) is 128 Å². The third-order valence-corrected chi connectivity index (χ3v) is 13.7. The van der Waals surface area contributed by atoms with Gasteiger partial charge in [-0.1, -0.05) is 60.3 Å². The molecular weight excluding hydrogens is 516 g/mol. The molecule has 9 atom stereocenters. The molecule has 5 rings (SSSR count). The van der Waals surface area contributed by atoms with Gasteiger partial charge in [-0.3, -0.25) is 0 Å². The Kier molecular flexibility index (Phi) is 10.2. The Hall–Kier alpha value is -1.26. The maximum atomic E-state index is 9.51. The molecule has 2 unspecified atom stereocenters. The number of hydrogen-bond acceptors (Lipinski definition) is 4. The van der Waals surface area contributed by atoms with Crippen LogP contribution in [0.3, 0.4) is 0 Å². The van der Waals surface area contributed by atoms with Gasteiger partial charge in [0.2, 0.25) is 0 Å². The van der Waals surface area contributed by atoms with Gasteiger partial charge in [0.15, 0.2) is 0 Å². The SMILES string of the molecule is CC(C)CCC[C@@H](C)[C@H]1CC[C@H]2[C@@H]3CCC4CCCC(N(C)c5ccc(N(CCO)CCO)cc5)[C@]4(C)[C@H]3CC[C@]12C. The van der Waals surface area contributed by atoms with Gasteiger partial charge in [-0.15, -0.1) is 0 Å². The molecule has 0 heterocycles. The second-order valence-corrected chi connectivity index (χ2v) is 16.1. The number of aliphatic hydroxyl groups is 2. The summed E-state index contributed by atoms with van der Waals surface area (Å²) in [5, 5.41) is 19.0. The van der Waals surface area contributed by atoms with Crippen LogP contribution < -0.4 is 9.80 Å². The molecule has 2 N–H and O–H groups in total. The highest BCUT2D eigenvalue weighted by Gasteiger charge is 2.62. The number of fused-ring (bicyclic) bond motifs is 5. The second-order valence-electron chi connectivity index (χ2n) is 16.1. The Morgan fingerprint density at radius 1 is 0.810 bits per heavy atom. The molecule has 0 radical (unpaired) electrons. The molecule has 0 aromatic heterocycles. The molecule has 0 aliphatic heterocycles. The van der Waals surface area contributed by atoms with Crippen LogP contribution in [0, 0.1) is 52.3 Å². The number of nitrogens with zero attached hydrogens (tertiary/aromatic N) is 2. The molecule has 0 amide bonds. The van der Waals surface area contributed by atoms with Gasteiger partial charge in [0.05, 0.1) is 13.2 Å². The van der Waals surface area contributed by atoms with Crippen molar-refractivity contribution >= 4 is 11.4 Å². The second kappa shape index (κ2) is 13.4. The van der Waals surface area contributed by atoms with E-state index in [-0.39, 0.29) is 13.2 Å². The predicted octanol–water partition coefficient (Wildman–Crippen LogP) is 8.40. The van der Waals surface area contributed by atoms with Crippen molar-refractivity contribution in [3.8, 4) is 0 Å². The first-order chi connectivity index (χ1) is 20.1. The summed E-state index contributed by atoms with van der Waals surface area (Å²) < 4.78 is 0. The summed E-state index contributed by atoms with van der Waals surface area (Å²) in [5.41, 5.74) is 3.35. The minimum atomic E-state index is 0.101. The van der Waals surface area contributed by atoms with Crippen molar-refractivity contribution in [2.75, 3.05) is 43.2 Å². The molecule has 4 aliphatic carbocycles. The summed E-state index contributed by atoms with van der Waals surface area (Å²) in [4.78, 5) is 4.73. The van der Waals surface area contributed by atoms with Crippen molar-refractivity contribution in [2.45, 2.75) is 118 Å². The first-order valence-corrected chi connectivity index (χ1v) is 17.9. The van der Waals surface area contributed by atoms with E-state index in [2.05, 4.69) is 75.7 Å². The van der Waals surface area contributed by atoms with Gasteiger partial charge >= 0.3 is 0 Å². The minimum Gasteiger partial charge on any atom is -0.395 e. The molecule has 4 heteroatoms. The predicted molar refractivity (Wildman–Crippen MR) is 178 cm³/mol. The Morgan fingerprint density at radius 3 is 2.17 bits per heavy atom. The lowest BCUT2D eigenvalue weighted by molar-refractivity contribution is -0.122. The molecule has 4 nitrogen and oxygen atoms in total. The fourth-order valence-corrected chi connectivity index (χ4v) is 11.6. The lowest BCUT2D eigenvalue weighted by Crippen LogP contribution is -2.61. The number of benzene rings is 1. The largest absolute Gasteiger partial charge is 0.395 e. The monoisotopic (exact) mass is 580 g/mol. The van der Waals surface area contributed by atoms with E-state index in [9.17, 15) is 10.2 Å². The molecule has 0 bridgehead atoms. The van der Waals surface area contributed by atoms with Crippen molar-refractivity contribution in [2.24, 2.45) is 52.3 Å². The third-order valence-electron chi connectivity index (χ3n) is 13.7. The fraction of sp³-hybridized carbons (Fsp3) is 0.842. The van der Waals surface area contributed by atoms with E-state index in [0.29, 0.717) is 30.0 Å². The van der Waals surface area contributed by atoms with Gasteiger partial charge < -0.3 is 20.0 Å². The summed E-state index contributed by atoms with van der Waals surface area (Å²) >= 11 is 0. The molecule has 4 aliphatic rings. The Balaban J connectivity index is 1.34. The Bertz CT molecular complexity index is 989. The van der Waals surface area contributed by atoms with Crippen LogP contribution in [-0.4, -0.2) is 49.6 Å². The summed E-state index contributed by atoms with van der Waals surface area (Å²) in [6.07, 6.45) is 17.1. The van der Waals surface area contributed by atoms with Crippen LogP contribution in [0.15, 0.2) is 24.3 Å². The van der Waals surface area contributed by atoms with Crippen LogP contribution in [0.4, 0.5) is 11.4 Å². The number of hydrogen-bond donors (Lipinski definition) is 2. The summed E-state index contributed by atoms with van der Waals surface area (Å²) in [6, 6.07) is 9.54. The van der Waals surface area contributed by atoms with Crippen LogP contribution in [0.2, 0.25) is 0 Å². The quantitative estimate of drug-likeness (QED) is 0.261. The zero-order chi connectivity index (χ0) is 30.1. The topological polar surface area (TPSA) is 46.9 Å². The van der Waals surface area contributed by atoms with Crippen molar-refractivity contribution in [3.63, 3.8) is 0 Å². The Morgan fingerprint density at radius 2 is 1.50 bits per heavy atom. The van der Waals surface area contributed by atoms with Crippen molar-refractivity contribution in [3.05, 3.63) is 24.3 Å². The number of aliphatic hydroxyl groups excluding tert-OH is 2. The molecule has 1 aromatic carbocycles. The third kappa shape index (κ3) is 5.90. The first-order valence-electron chi connectivity index (χ1n) is 17.9. The zero-order valence-corrected chi connectivity index (χ0v) is 28.0. The van der Waals surface area contributed by atoms with Gasteiger partial charge in [-0.25, -0.2) is 0 Å². The average molecular weight is 581 g/mol. The highest BCUT2D eigenvalue weighted by atomic mass is 16.3. The fourth-order valence-electron chi connectivity index (χ4n) is 11.6. The smallest absolute Gasteiger partial charge is 0.0606 e. The molecule has 0 spiro atoms. The van der Waals surface area contributed by atoms with E-state index in [1.807, 2.05) is 0 Å². The molecule has 4 saturated carbocycles. The minimum absolute atomic E-state index is 0.101. The van der Waals surface area contributed by atoms with Gasteiger partial charge in [0.25, 0.3) is 0 Å².